The first-order valence-electron chi connectivity index (χ1n) is 7.04. The molecule has 6 heteroatoms. The fraction of sp³-hybridized carbons (Fsp3) is 0.571. The van der Waals surface area contributed by atoms with Crippen molar-refractivity contribution in [1.82, 2.24) is 9.97 Å². The molecule has 20 heavy (non-hydrogen) atoms. The summed E-state index contributed by atoms with van der Waals surface area (Å²) < 4.78 is 5.79. The molecule has 2 aromatic heterocycles. The number of rotatable bonds is 3. The van der Waals surface area contributed by atoms with Crippen LogP contribution in [0.3, 0.4) is 0 Å². The van der Waals surface area contributed by atoms with Crippen LogP contribution in [0.15, 0.2) is 11.4 Å². The Morgan fingerprint density at radius 1 is 1.50 bits per heavy atom. The molecule has 0 aromatic carbocycles. The second-order valence-corrected chi connectivity index (χ2v) is 6.01. The highest BCUT2D eigenvalue weighted by Gasteiger charge is 2.28. The second-order valence-electron chi connectivity index (χ2n) is 5.12. The molecule has 3 heterocycles. The standard InChI is InChI=1S/C14H20N4OS/c1-4-10-8-19-9(2)7-18(10)12-11-5-6-20-13(11)17-14(15-3)16-12/h5-6,9-10H,4,7-8H2,1-3H3,(H,15,16,17). The van der Waals surface area contributed by atoms with Gasteiger partial charge < -0.3 is 15.0 Å². The van der Waals surface area contributed by atoms with Crippen LogP contribution in [0, 0.1) is 0 Å². The van der Waals surface area contributed by atoms with Gasteiger partial charge in [-0.05, 0) is 24.8 Å². The van der Waals surface area contributed by atoms with Gasteiger partial charge in [0.25, 0.3) is 0 Å². The van der Waals surface area contributed by atoms with Crippen molar-refractivity contribution < 1.29 is 4.74 Å². The van der Waals surface area contributed by atoms with Crippen LogP contribution in [0.4, 0.5) is 11.8 Å². The number of thiophene rings is 1. The number of hydrogen-bond acceptors (Lipinski definition) is 6. The molecule has 0 saturated carbocycles. The summed E-state index contributed by atoms with van der Waals surface area (Å²) >= 11 is 1.66. The minimum absolute atomic E-state index is 0.236. The van der Waals surface area contributed by atoms with Crippen molar-refractivity contribution in [1.29, 1.82) is 0 Å². The molecule has 1 saturated heterocycles. The third-order valence-corrected chi connectivity index (χ3v) is 4.55. The Kier molecular flexibility index (Phi) is 3.76. The van der Waals surface area contributed by atoms with Crippen LogP contribution in [0.5, 0.6) is 0 Å². The zero-order valence-corrected chi connectivity index (χ0v) is 12.9. The van der Waals surface area contributed by atoms with Gasteiger partial charge in [0, 0.05) is 13.6 Å². The summed E-state index contributed by atoms with van der Waals surface area (Å²) in [6.45, 7) is 5.96. The topological polar surface area (TPSA) is 50.3 Å². The molecule has 1 fully saturated rings. The lowest BCUT2D eigenvalue weighted by Crippen LogP contribution is -2.49. The van der Waals surface area contributed by atoms with Gasteiger partial charge in [0.1, 0.15) is 10.6 Å². The van der Waals surface area contributed by atoms with Gasteiger partial charge in [-0.15, -0.1) is 11.3 Å². The lowest BCUT2D eigenvalue weighted by atomic mass is 10.1. The van der Waals surface area contributed by atoms with Crippen LogP contribution >= 0.6 is 11.3 Å². The van der Waals surface area contributed by atoms with Crippen LogP contribution in [0.1, 0.15) is 20.3 Å². The third kappa shape index (κ3) is 2.33. The summed E-state index contributed by atoms with van der Waals surface area (Å²) in [4.78, 5) is 12.6. The predicted molar refractivity (Wildman–Crippen MR) is 83.8 cm³/mol. The molecule has 0 aliphatic carbocycles. The van der Waals surface area contributed by atoms with Crippen molar-refractivity contribution in [3.8, 4) is 0 Å². The van der Waals surface area contributed by atoms with E-state index in [0.29, 0.717) is 12.0 Å². The first-order chi connectivity index (χ1) is 9.72. The van der Waals surface area contributed by atoms with E-state index in [-0.39, 0.29) is 6.10 Å². The maximum Gasteiger partial charge on any atom is 0.225 e. The van der Waals surface area contributed by atoms with Crippen LogP contribution in [-0.2, 0) is 4.74 Å². The van der Waals surface area contributed by atoms with Gasteiger partial charge >= 0.3 is 0 Å². The zero-order chi connectivity index (χ0) is 14.1. The average Bonchev–Trinajstić information content (AvgIpc) is 2.94. The maximum atomic E-state index is 5.79. The van der Waals surface area contributed by atoms with Gasteiger partial charge in [0.2, 0.25) is 5.95 Å². The van der Waals surface area contributed by atoms with Gasteiger partial charge in [0.15, 0.2) is 0 Å². The summed E-state index contributed by atoms with van der Waals surface area (Å²) in [5.74, 6) is 1.71. The van der Waals surface area contributed by atoms with Crippen molar-refractivity contribution in [2.75, 3.05) is 30.4 Å². The SMILES string of the molecule is CCC1COC(C)CN1c1nc(NC)nc2sccc12. The highest BCUT2D eigenvalue weighted by molar-refractivity contribution is 7.16. The van der Waals surface area contributed by atoms with E-state index in [1.807, 2.05) is 7.05 Å². The van der Waals surface area contributed by atoms with E-state index in [1.165, 1.54) is 0 Å². The summed E-state index contributed by atoms with van der Waals surface area (Å²) in [7, 11) is 1.86. The zero-order valence-electron chi connectivity index (χ0n) is 12.1. The number of fused-ring (bicyclic) bond motifs is 1. The van der Waals surface area contributed by atoms with Gasteiger partial charge in [-0.25, -0.2) is 4.98 Å². The third-order valence-electron chi connectivity index (χ3n) is 3.74. The first kappa shape index (κ1) is 13.6. The highest BCUT2D eigenvalue weighted by atomic mass is 32.1. The van der Waals surface area contributed by atoms with E-state index in [1.54, 1.807) is 11.3 Å². The molecule has 0 amide bonds. The highest BCUT2D eigenvalue weighted by Crippen LogP contribution is 2.32. The number of hydrogen-bond donors (Lipinski definition) is 1. The molecule has 1 aliphatic rings. The molecule has 5 nitrogen and oxygen atoms in total. The van der Waals surface area contributed by atoms with E-state index in [2.05, 4.69) is 40.5 Å². The summed E-state index contributed by atoms with van der Waals surface area (Å²) in [5, 5.41) is 6.28. The van der Waals surface area contributed by atoms with E-state index in [4.69, 9.17) is 9.72 Å². The molecule has 0 radical (unpaired) electrons. The molecular formula is C14H20N4OS. The van der Waals surface area contributed by atoms with Crippen molar-refractivity contribution in [2.24, 2.45) is 0 Å². The minimum Gasteiger partial charge on any atom is -0.375 e. The van der Waals surface area contributed by atoms with Crippen LogP contribution in [0.2, 0.25) is 0 Å². The Labute approximate surface area is 123 Å². The Hall–Kier alpha value is -1.40. The van der Waals surface area contributed by atoms with Crippen LogP contribution < -0.4 is 10.2 Å². The molecule has 2 aromatic rings. The van der Waals surface area contributed by atoms with E-state index in [9.17, 15) is 0 Å². The van der Waals surface area contributed by atoms with Crippen LogP contribution in [-0.4, -0.2) is 42.3 Å². The van der Waals surface area contributed by atoms with Crippen molar-refractivity contribution >= 4 is 33.3 Å². The van der Waals surface area contributed by atoms with E-state index < -0.39 is 0 Å². The molecule has 2 atom stereocenters. The average molecular weight is 292 g/mol. The molecular weight excluding hydrogens is 272 g/mol. The molecule has 1 aliphatic heterocycles. The van der Waals surface area contributed by atoms with Crippen molar-refractivity contribution in [2.45, 2.75) is 32.4 Å². The van der Waals surface area contributed by atoms with Gasteiger partial charge in [0.05, 0.1) is 24.1 Å². The normalized spacial score (nSPS) is 23.2. The van der Waals surface area contributed by atoms with Gasteiger partial charge in [-0.3, -0.25) is 0 Å². The quantitative estimate of drug-likeness (QED) is 0.942. The number of nitrogens with one attached hydrogen (secondary N) is 1. The van der Waals surface area contributed by atoms with Crippen molar-refractivity contribution in [3.05, 3.63) is 11.4 Å². The molecule has 0 spiro atoms. The fourth-order valence-electron chi connectivity index (χ4n) is 2.61. The number of ether oxygens (including phenoxy) is 1. The molecule has 0 bridgehead atoms. The van der Waals surface area contributed by atoms with Crippen LogP contribution in [0.25, 0.3) is 10.2 Å². The Bertz CT molecular complexity index is 600. The van der Waals surface area contributed by atoms with Gasteiger partial charge in [-0.2, -0.15) is 4.98 Å². The maximum absolute atomic E-state index is 5.79. The van der Waals surface area contributed by atoms with Crippen molar-refractivity contribution in [3.63, 3.8) is 0 Å². The Balaban J connectivity index is 2.08. The summed E-state index contributed by atoms with van der Waals surface area (Å²) in [5.41, 5.74) is 0. The van der Waals surface area contributed by atoms with E-state index in [0.717, 1.165) is 35.6 Å². The molecule has 108 valence electrons. The van der Waals surface area contributed by atoms with Gasteiger partial charge in [-0.1, -0.05) is 6.92 Å². The number of nitrogens with zero attached hydrogens (tertiary/aromatic N) is 3. The number of aromatic nitrogens is 2. The molecule has 2 unspecified atom stereocenters. The Morgan fingerprint density at radius 2 is 2.35 bits per heavy atom. The largest absolute Gasteiger partial charge is 0.375 e. The lowest BCUT2D eigenvalue weighted by molar-refractivity contribution is 0.0297. The molecule has 3 rings (SSSR count). The number of anilines is 2. The first-order valence-corrected chi connectivity index (χ1v) is 7.92. The number of morpholine rings is 1. The minimum atomic E-state index is 0.236. The predicted octanol–water partition coefficient (Wildman–Crippen LogP) is 2.74. The molecule has 1 N–H and O–H groups in total. The summed E-state index contributed by atoms with van der Waals surface area (Å²) in [6.07, 6.45) is 1.29. The Morgan fingerprint density at radius 3 is 3.10 bits per heavy atom. The van der Waals surface area contributed by atoms with E-state index >= 15 is 0 Å². The fourth-order valence-corrected chi connectivity index (χ4v) is 3.37. The monoisotopic (exact) mass is 292 g/mol. The second kappa shape index (κ2) is 5.54. The smallest absolute Gasteiger partial charge is 0.225 e. The lowest BCUT2D eigenvalue weighted by Gasteiger charge is -2.39. The summed E-state index contributed by atoms with van der Waals surface area (Å²) in [6, 6.07) is 2.50.